The molecule has 0 fully saturated rings. The Balaban J connectivity index is 1.57. The zero-order valence-electron chi connectivity index (χ0n) is 17.1. The van der Waals surface area contributed by atoms with Crippen LogP contribution >= 0.6 is 0 Å². The molecule has 1 aliphatic rings. The first-order valence-electron chi connectivity index (χ1n) is 9.70. The van der Waals surface area contributed by atoms with Gasteiger partial charge in [-0.3, -0.25) is 4.79 Å². The number of nitrogens with two attached hydrogens (primary N) is 1. The Morgan fingerprint density at radius 3 is 2.32 bits per heavy atom. The van der Waals surface area contributed by atoms with Crippen LogP contribution in [-0.4, -0.2) is 20.0 Å². The van der Waals surface area contributed by atoms with Gasteiger partial charge >= 0.3 is 0 Å². The van der Waals surface area contributed by atoms with Gasteiger partial charge in [-0.05, 0) is 73.5 Å². The number of rotatable bonds is 5. The first kappa shape index (κ1) is 20.8. The lowest BCUT2D eigenvalue weighted by atomic mass is 10.1. The van der Waals surface area contributed by atoms with Gasteiger partial charge in [-0.2, -0.15) is 10.1 Å². The number of anilines is 1. The number of hydrogen-bond donors (Lipinski definition) is 1. The average molecular weight is 436 g/mol. The number of carbonyl (C=O) groups is 1. The number of hydrogen-bond acceptors (Lipinski definition) is 5. The highest BCUT2D eigenvalue weighted by molar-refractivity contribution is 7.89. The summed E-state index contributed by atoms with van der Waals surface area (Å²) in [6.45, 7) is 3.85. The van der Waals surface area contributed by atoms with E-state index >= 15 is 0 Å². The highest BCUT2D eigenvalue weighted by Gasteiger charge is 2.29. The summed E-state index contributed by atoms with van der Waals surface area (Å²) in [5.74, 6) is 0.809. The van der Waals surface area contributed by atoms with Gasteiger partial charge in [0, 0.05) is 5.56 Å². The minimum atomic E-state index is -3.75. The van der Waals surface area contributed by atoms with Crippen LogP contribution in [0.25, 0.3) is 17.4 Å². The van der Waals surface area contributed by atoms with E-state index in [0.717, 1.165) is 6.42 Å². The summed E-state index contributed by atoms with van der Waals surface area (Å²) in [7, 11) is -3.75. The molecule has 0 unspecified atom stereocenters. The molecule has 4 rings (SSSR count). The van der Waals surface area contributed by atoms with Gasteiger partial charge in [0.1, 0.15) is 11.5 Å². The molecule has 2 heterocycles. The fourth-order valence-electron chi connectivity index (χ4n) is 3.27. The summed E-state index contributed by atoms with van der Waals surface area (Å²) in [5.41, 5.74) is 3.63. The number of nitrogens with zero attached hydrogens (tertiary/aromatic N) is 2. The van der Waals surface area contributed by atoms with E-state index in [1.807, 2.05) is 24.3 Å². The van der Waals surface area contributed by atoms with Crippen molar-refractivity contribution in [1.29, 1.82) is 0 Å². The van der Waals surface area contributed by atoms with Crippen LogP contribution in [-0.2, 0) is 21.2 Å². The number of carbonyl (C=O) groups excluding carboxylic acids is 1. The lowest BCUT2D eigenvalue weighted by molar-refractivity contribution is -0.114. The number of sulfonamides is 1. The fourth-order valence-corrected chi connectivity index (χ4v) is 3.78. The monoisotopic (exact) mass is 435 g/mol. The molecule has 3 aromatic rings. The second-order valence-corrected chi connectivity index (χ2v) is 8.71. The van der Waals surface area contributed by atoms with Crippen molar-refractivity contribution in [1.82, 2.24) is 0 Å². The third-order valence-corrected chi connectivity index (χ3v) is 5.96. The van der Waals surface area contributed by atoms with Gasteiger partial charge < -0.3 is 4.42 Å². The number of benzene rings is 2. The van der Waals surface area contributed by atoms with Crippen molar-refractivity contribution in [3.63, 3.8) is 0 Å². The first-order valence-corrected chi connectivity index (χ1v) is 11.2. The molecule has 2 aromatic carbocycles. The van der Waals surface area contributed by atoms with Crippen molar-refractivity contribution in [2.45, 2.75) is 25.2 Å². The maximum absolute atomic E-state index is 12.9. The maximum Gasteiger partial charge on any atom is 0.280 e. The number of primary sulfonamides is 1. The zero-order valence-corrected chi connectivity index (χ0v) is 17.9. The van der Waals surface area contributed by atoms with E-state index in [9.17, 15) is 13.2 Å². The Hall–Kier alpha value is -3.49. The van der Waals surface area contributed by atoms with Crippen molar-refractivity contribution < 1.29 is 17.6 Å². The van der Waals surface area contributed by atoms with E-state index in [0.29, 0.717) is 34.1 Å². The molecular weight excluding hydrogens is 414 g/mol. The molecule has 8 heteroatoms. The van der Waals surface area contributed by atoms with Crippen LogP contribution in [0.3, 0.4) is 0 Å². The molecular formula is C23H21N3O4S. The normalized spacial score (nSPS) is 15.6. The van der Waals surface area contributed by atoms with Crippen molar-refractivity contribution in [3.05, 3.63) is 77.6 Å². The predicted octanol–water partition coefficient (Wildman–Crippen LogP) is 3.96. The number of hydrazone groups is 1. The van der Waals surface area contributed by atoms with Gasteiger partial charge in [-0.15, -0.1) is 0 Å². The highest BCUT2D eigenvalue weighted by atomic mass is 32.2. The van der Waals surface area contributed by atoms with E-state index in [4.69, 9.17) is 9.56 Å². The number of furan rings is 1. The summed E-state index contributed by atoms with van der Waals surface area (Å²) in [5, 5.41) is 10.9. The minimum absolute atomic E-state index is 0.0283. The Morgan fingerprint density at radius 1 is 1.03 bits per heavy atom. The van der Waals surface area contributed by atoms with Crippen molar-refractivity contribution in [2.75, 3.05) is 5.01 Å². The standard InChI is InChI=1S/C23H21N3O4S/c1-3-16-4-8-18(9-5-16)26-23(27)21(15(2)25-26)14-19-10-13-22(30-19)17-6-11-20(12-7-17)31(24,28)29/h4-14H,3H2,1-2H3,(H2,24,28,29)/b21-14-. The second kappa shape index (κ2) is 7.98. The van der Waals surface area contributed by atoms with E-state index in [2.05, 4.69) is 12.0 Å². The van der Waals surface area contributed by atoms with E-state index < -0.39 is 10.0 Å². The summed E-state index contributed by atoms with van der Waals surface area (Å²) in [6.07, 6.45) is 2.58. The lowest BCUT2D eigenvalue weighted by Gasteiger charge is -2.12. The molecule has 2 N–H and O–H groups in total. The predicted molar refractivity (Wildman–Crippen MR) is 120 cm³/mol. The van der Waals surface area contributed by atoms with E-state index in [1.54, 1.807) is 37.3 Å². The molecule has 7 nitrogen and oxygen atoms in total. The van der Waals surface area contributed by atoms with Gasteiger partial charge in [0.2, 0.25) is 10.0 Å². The minimum Gasteiger partial charge on any atom is -0.457 e. The van der Waals surface area contributed by atoms with Crippen LogP contribution in [0, 0.1) is 0 Å². The van der Waals surface area contributed by atoms with Crippen LogP contribution in [0.5, 0.6) is 0 Å². The van der Waals surface area contributed by atoms with Crippen LogP contribution in [0.2, 0.25) is 0 Å². The largest absolute Gasteiger partial charge is 0.457 e. The van der Waals surface area contributed by atoms with Gasteiger partial charge in [-0.1, -0.05) is 19.1 Å². The first-order chi connectivity index (χ1) is 14.8. The molecule has 0 bridgehead atoms. The average Bonchev–Trinajstić information content (AvgIpc) is 3.34. The number of aryl methyl sites for hydroxylation is 1. The third kappa shape index (κ3) is 4.21. The quantitative estimate of drug-likeness (QED) is 0.612. The molecule has 158 valence electrons. The molecule has 0 radical (unpaired) electrons. The Bertz CT molecular complexity index is 1300. The topological polar surface area (TPSA) is 106 Å². The fraction of sp³-hybridized carbons (Fsp3) is 0.130. The third-order valence-electron chi connectivity index (χ3n) is 5.03. The Morgan fingerprint density at radius 2 is 1.71 bits per heavy atom. The molecule has 0 spiro atoms. The molecule has 1 aliphatic heterocycles. The molecule has 0 saturated heterocycles. The van der Waals surface area contributed by atoms with Crippen molar-refractivity contribution in [2.24, 2.45) is 10.2 Å². The van der Waals surface area contributed by atoms with Crippen LogP contribution in [0.1, 0.15) is 25.2 Å². The lowest BCUT2D eigenvalue weighted by Crippen LogP contribution is -2.21. The van der Waals surface area contributed by atoms with Gasteiger partial charge in [0.25, 0.3) is 5.91 Å². The van der Waals surface area contributed by atoms with Crippen LogP contribution in [0.4, 0.5) is 5.69 Å². The van der Waals surface area contributed by atoms with Crippen LogP contribution < -0.4 is 10.1 Å². The van der Waals surface area contributed by atoms with E-state index in [-0.39, 0.29) is 10.8 Å². The highest BCUT2D eigenvalue weighted by Crippen LogP contribution is 2.28. The molecule has 0 saturated carbocycles. The number of amides is 1. The van der Waals surface area contributed by atoms with Crippen LogP contribution in [0.15, 0.2) is 80.7 Å². The molecule has 1 aromatic heterocycles. The molecule has 1 amide bonds. The van der Waals surface area contributed by atoms with Crippen molar-refractivity contribution >= 4 is 33.4 Å². The maximum atomic E-state index is 12.9. The van der Waals surface area contributed by atoms with Gasteiger partial charge in [0.15, 0.2) is 0 Å². The Kier molecular flexibility index (Phi) is 5.34. The summed E-state index contributed by atoms with van der Waals surface area (Å²) < 4.78 is 28.6. The van der Waals surface area contributed by atoms with Crippen molar-refractivity contribution in [3.8, 4) is 11.3 Å². The summed E-state index contributed by atoms with van der Waals surface area (Å²) >= 11 is 0. The molecule has 0 aliphatic carbocycles. The zero-order chi connectivity index (χ0) is 22.2. The van der Waals surface area contributed by atoms with Gasteiger partial charge in [-0.25, -0.2) is 13.6 Å². The second-order valence-electron chi connectivity index (χ2n) is 7.15. The van der Waals surface area contributed by atoms with E-state index in [1.165, 1.54) is 22.7 Å². The van der Waals surface area contributed by atoms with Gasteiger partial charge in [0.05, 0.1) is 21.9 Å². The Labute approximate surface area is 180 Å². The molecule has 0 atom stereocenters. The summed E-state index contributed by atoms with van der Waals surface area (Å²) in [6, 6.07) is 17.3. The summed E-state index contributed by atoms with van der Waals surface area (Å²) in [4.78, 5) is 12.9. The smallest absolute Gasteiger partial charge is 0.280 e. The SMILES string of the molecule is CCc1ccc(N2N=C(C)/C(=C/c3ccc(-c4ccc(S(N)(=O)=O)cc4)o3)C2=O)cc1. The molecule has 31 heavy (non-hydrogen) atoms.